The quantitative estimate of drug-likeness (QED) is 0.563. The van der Waals surface area contributed by atoms with Crippen molar-refractivity contribution in [3.63, 3.8) is 0 Å². The van der Waals surface area contributed by atoms with E-state index in [1.165, 1.54) is 43.3 Å². The van der Waals surface area contributed by atoms with Crippen molar-refractivity contribution in [2.24, 2.45) is 5.92 Å². The Morgan fingerprint density at radius 3 is 2.12 bits per heavy atom. The summed E-state index contributed by atoms with van der Waals surface area (Å²) in [7, 11) is -3.98. The molecule has 0 spiro atoms. The smallest absolute Gasteiger partial charge is 0.308 e. The third-order valence-corrected chi connectivity index (χ3v) is 5.42. The van der Waals surface area contributed by atoms with Crippen LogP contribution in [0.3, 0.4) is 0 Å². The molecule has 0 saturated heterocycles. The van der Waals surface area contributed by atoms with Gasteiger partial charge in [0.05, 0.1) is 21.8 Å². The second-order valence-electron chi connectivity index (χ2n) is 5.89. The summed E-state index contributed by atoms with van der Waals surface area (Å²) in [6.45, 7) is 3.18. The van der Waals surface area contributed by atoms with Crippen LogP contribution >= 0.6 is 0 Å². The molecule has 0 aromatic heterocycles. The topological polar surface area (TPSA) is 127 Å². The first-order valence-corrected chi connectivity index (χ1v) is 9.16. The van der Waals surface area contributed by atoms with Crippen molar-refractivity contribution < 1.29 is 23.2 Å². The molecule has 0 bridgehead atoms. The number of rotatable bonds is 7. The Labute approximate surface area is 150 Å². The second-order valence-corrected chi connectivity index (χ2v) is 7.60. The van der Waals surface area contributed by atoms with E-state index >= 15 is 0 Å². The van der Waals surface area contributed by atoms with Gasteiger partial charge in [-0.05, 0) is 24.6 Å². The number of nitro groups is 1. The van der Waals surface area contributed by atoms with Crippen LogP contribution in [-0.4, -0.2) is 24.4 Å². The Balaban J connectivity index is 2.40. The summed E-state index contributed by atoms with van der Waals surface area (Å²) in [5.74, 6) is -2.28. The molecule has 0 unspecified atom stereocenters. The van der Waals surface area contributed by atoms with Gasteiger partial charge in [-0.1, -0.05) is 36.8 Å². The Kier molecular flexibility index (Phi) is 5.73. The molecule has 2 atom stereocenters. The lowest BCUT2D eigenvalue weighted by Crippen LogP contribution is -2.35. The molecule has 138 valence electrons. The lowest BCUT2D eigenvalue weighted by molar-refractivity contribution is -0.384. The molecular formula is C17H18N2O6S. The van der Waals surface area contributed by atoms with Crippen LogP contribution in [0.5, 0.6) is 0 Å². The Morgan fingerprint density at radius 1 is 1.12 bits per heavy atom. The summed E-state index contributed by atoms with van der Waals surface area (Å²) in [6.07, 6.45) is 0. The zero-order valence-corrected chi connectivity index (χ0v) is 14.9. The van der Waals surface area contributed by atoms with Gasteiger partial charge in [0.25, 0.3) is 5.69 Å². The van der Waals surface area contributed by atoms with Crippen molar-refractivity contribution in [2.75, 3.05) is 0 Å². The summed E-state index contributed by atoms with van der Waals surface area (Å²) in [5, 5.41) is 20.1. The number of hydrogen-bond acceptors (Lipinski definition) is 5. The minimum absolute atomic E-state index is 0.00704. The van der Waals surface area contributed by atoms with E-state index in [2.05, 4.69) is 4.72 Å². The number of aliphatic carboxylic acids is 1. The maximum Gasteiger partial charge on any atom is 0.308 e. The first kappa shape index (κ1) is 19.5. The van der Waals surface area contributed by atoms with Crippen LogP contribution in [0.4, 0.5) is 5.69 Å². The highest BCUT2D eigenvalue weighted by Gasteiger charge is 2.30. The molecule has 2 N–H and O–H groups in total. The summed E-state index contributed by atoms with van der Waals surface area (Å²) >= 11 is 0. The molecule has 0 aliphatic heterocycles. The van der Waals surface area contributed by atoms with Crippen LogP contribution < -0.4 is 4.72 Å². The van der Waals surface area contributed by atoms with E-state index in [0.717, 1.165) is 5.56 Å². The largest absolute Gasteiger partial charge is 0.481 e. The number of nitrogens with one attached hydrogen (secondary N) is 1. The van der Waals surface area contributed by atoms with E-state index in [0.29, 0.717) is 5.56 Å². The van der Waals surface area contributed by atoms with Gasteiger partial charge in [0, 0.05) is 12.1 Å². The van der Waals surface area contributed by atoms with Crippen molar-refractivity contribution in [2.45, 2.75) is 24.8 Å². The number of carboxylic acid groups (broad SMARTS) is 1. The molecule has 2 aromatic rings. The maximum absolute atomic E-state index is 12.6. The number of sulfonamides is 1. The molecule has 2 aromatic carbocycles. The number of hydrogen-bond donors (Lipinski definition) is 2. The minimum Gasteiger partial charge on any atom is -0.481 e. The minimum atomic E-state index is -3.98. The molecule has 0 amide bonds. The zero-order chi connectivity index (χ0) is 19.5. The average Bonchev–Trinajstić information content (AvgIpc) is 2.59. The van der Waals surface area contributed by atoms with Gasteiger partial charge in [-0.3, -0.25) is 14.9 Å². The van der Waals surface area contributed by atoms with Gasteiger partial charge in [-0.25, -0.2) is 13.1 Å². The predicted octanol–water partition coefficient (Wildman–Crippen LogP) is 2.64. The maximum atomic E-state index is 12.6. The third kappa shape index (κ3) is 4.44. The first-order chi connectivity index (χ1) is 12.1. The fourth-order valence-electron chi connectivity index (χ4n) is 2.36. The standard InChI is InChI=1S/C17H18N2O6S/c1-11-3-9-15(10-4-11)26(24,25)18-16(12(2)17(20)21)13-5-7-14(8-6-13)19(22)23/h3-10,12,16,18H,1-2H3,(H,20,21)/t12-,16+/m1/s1. The second kappa shape index (κ2) is 7.63. The molecule has 8 nitrogen and oxygen atoms in total. The fraction of sp³-hybridized carbons (Fsp3) is 0.235. The van der Waals surface area contributed by atoms with Gasteiger partial charge in [-0.15, -0.1) is 0 Å². The molecule has 0 fully saturated rings. The van der Waals surface area contributed by atoms with Crippen molar-refractivity contribution in [1.82, 2.24) is 4.72 Å². The number of nitro benzene ring substituents is 1. The highest BCUT2D eigenvalue weighted by Crippen LogP contribution is 2.26. The van der Waals surface area contributed by atoms with Gasteiger partial charge in [-0.2, -0.15) is 0 Å². The van der Waals surface area contributed by atoms with Crippen LogP contribution in [0.15, 0.2) is 53.4 Å². The van der Waals surface area contributed by atoms with Gasteiger partial charge < -0.3 is 5.11 Å². The molecular weight excluding hydrogens is 360 g/mol. The Bertz CT molecular complexity index is 907. The van der Waals surface area contributed by atoms with Crippen molar-refractivity contribution in [3.8, 4) is 0 Å². The van der Waals surface area contributed by atoms with E-state index in [1.54, 1.807) is 12.1 Å². The summed E-state index contributed by atoms with van der Waals surface area (Å²) in [4.78, 5) is 21.6. The Hall–Kier alpha value is -2.78. The van der Waals surface area contributed by atoms with Crippen LogP contribution in [0, 0.1) is 23.0 Å². The molecule has 0 saturated carbocycles. The summed E-state index contributed by atoms with van der Waals surface area (Å²) < 4.78 is 27.6. The monoisotopic (exact) mass is 378 g/mol. The lowest BCUT2D eigenvalue weighted by atomic mass is 9.95. The first-order valence-electron chi connectivity index (χ1n) is 7.68. The molecule has 0 heterocycles. The van der Waals surface area contributed by atoms with E-state index < -0.39 is 32.9 Å². The molecule has 0 aliphatic rings. The number of carboxylic acids is 1. The van der Waals surface area contributed by atoms with Crippen LogP contribution in [0.2, 0.25) is 0 Å². The van der Waals surface area contributed by atoms with Gasteiger partial charge in [0.15, 0.2) is 0 Å². The van der Waals surface area contributed by atoms with Gasteiger partial charge in [0.2, 0.25) is 10.0 Å². The normalized spacial score (nSPS) is 13.8. The van der Waals surface area contributed by atoms with E-state index in [9.17, 15) is 28.4 Å². The van der Waals surface area contributed by atoms with Crippen molar-refractivity contribution in [3.05, 3.63) is 69.8 Å². The molecule has 26 heavy (non-hydrogen) atoms. The van der Waals surface area contributed by atoms with Crippen LogP contribution in [-0.2, 0) is 14.8 Å². The lowest BCUT2D eigenvalue weighted by Gasteiger charge is -2.23. The molecule has 0 radical (unpaired) electrons. The zero-order valence-electron chi connectivity index (χ0n) is 14.1. The van der Waals surface area contributed by atoms with Crippen molar-refractivity contribution >= 4 is 21.7 Å². The number of carbonyl (C=O) groups is 1. The summed E-state index contributed by atoms with van der Waals surface area (Å²) in [5.41, 5.74) is 1.04. The van der Waals surface area contributed by atoms with E-state index in [4.69, 9.17) is 0 Å². The van der Waals surface area contributed by atoms with Gasteiger partial charge in [0.1, 0.15) is 0 Å². The number of nitrogens with zero attached hydrogens (tertiary/aromatic N) is 1. The number of aryl methyl sites for hydroxylation is 1. The predicted molar refractivity (Wildman–Crippen MR) is 94.1 cm³/mol. The van der Waals surface area contributed by atoms with Crippen LogP contribution in [0.1, 0.15) is 24.1 Å². The van der Waals surface area contributed by atoms with E-state index in [1.807, 2.05) is 6.92 Å². The third-order valence-electron chi connectivity index (χ3n) is 3.97. The number of non-ortho nitro benzene ring substituents is 1. The van der Waals surface area contributed by atoms with Crippen LogP contribution in [0.25, 0.3) is 0 Å². The fourth-order valence-corrected chi connectivity index (χ4v) is 3.66. The number of benzene rings is 2. The Morgan fingerprint density at radius 2 is 1.65 bits per heavy atom. The molecule has 0 aliphatic carbocycles. The molecule has 2 rings (SSSR count). The highest BCUT2D eigenvalue weighted by molar-refractivity contribution is 7.89. The average molecular weight is 378 g/mol. The summed E-state index contributed by atoms with van der Waals surface area (Å²) in [6, 6.07) is 10.1. The van der Waals surface area contributed by atoms with Gasteiger partial charge >= 0.3 is 5.97 Å². The van der Waals surface area contributed by atoms with E-state index in [-0.39, 0.29) is 10.6 Å². The molecule has 9 heteroatoms. The SMILES string of the molecule is Cc1ccc(S(=O)(=O)N[C@H](c2ccc([N+](=O)[O-])cc2)[C@@H](C)C(=O)O)cc1. The van der Waals surface area contributed by atoms with Crippen molar-refractivity contribution in [1.29, 1.82) is 0 Å². The highest BCUT2D eigenvalue weighted by atomic mass is 32.2.